The number of hydrogen-bond acceptors (Lipinski definition) is 3. The van der Waals surface area contributed by atoms with E-state index >= 15 is 0 Å². The van der Waals surface area contributed by atoms with Gasteiger partial charge in [-0.15, -0.1) is 0 Å². The Morgan fingerprint density at radius 3 is 3.00 bits per heavy atom. The lowest BCUT2D eigenvalue weighted by Crippen LogP contribution is -2.09. The van der Waals surface area contributed by atoms with Crippen molar-refractivity contribution in [1.29, 1.82) is 0 Å². The molecule has 0 saturated heterocycles. The minimum atomic E-state index is -0.597. The van der Waals surface area contributed by atoms with Gasteiger partial charge in [-0.1, -0.05) is 0 Å². The third-order valence-electron chi connectivity index (χ3n) is 1.53. The lowest BCUT2D eigenvalue weighted by Gasteiger charge is -2.07. The maximum absolute atomic E-state index is 9.17. The quantitative estimate of drug-likeness (QED) is 0.533. The Hall–Kier alpha value is -0.960. The van der Waals surface area contributed by atoms with Crippen LogP contribution in [0.25, 0.3) is 0 Å². The van der Waals surface area contributed by atoms with Crippen molar-refractivity contribution in [3.63, 3.8) is 0 Å². The Morgan fingerprint density at radius 1 is 1.50 bits per heavy atom. The van der Waals surface area contributed by atoms with Crippen molar-refractivity contribution in [3.8, 4) is 0 Å². The highest BCUT2D eigenvalue weighted by Gasteiger charge is 2.30. The average Bonchev–Trinajstić information content (AvgIpc) is 2.35. The van der Waals surface area contributed by atoms with Gasteiger partial charge < -0.3 is 14.6 Å². The summed E-state index contributed by atoms with van der Waals surface area (Å²) in [6, 6.07) is 0. The molecule has 2 atom stereocenters. The van der Waals surface area contributed by atoms with Crippen LogP contribution in [0.15, 0.2) is 23.7 Å². The summed E-state index contributed by atoms with van der Waals surface area (Å²) < 4.78 is 10.3. The first kappa shape index (κ1) is 5.80. The number of rotatable bonds is 0. The fraction of sp³-hybridized carbons (Fsp3) is 0.429. The molecule has 2 aliphatic rings. The smallest absolute Gasteiger partial charge is 0.238 e. The molecule has 1 aliphatic heterocycles. The van der Waals surface area contributed by atoms with Crippen LogP contribution in [0.5, 0.6) is 0 Å². The zero-order valence-corrected chi connectivity index (χ0v) is 5.57. The summed E-state index contributed by atoms with van der Waals surface area (Å²) in [6.07, 6.45) is 2.52. The van der Waals surface area contributed by atoms with Gasteiger partial charge in [0.2, 0.25) is 6.29 Å². The van der Waals surface area contributed by atoms with Gasteiger partial charge in [0.15, 0.2) is 11.5 Å². The Morgan fingerprint density at radius 2 is 2.30 bits per heavy atom. The zero-order valence-electron chi connectivity index (χ0n) is 5.57. The molecule has 54 valence electrons. The van der Waals surface area contributed by atoms with Crippen LogP contribution in [-0.4, -0.2) is 17.5 Å². The molecule has 10 heavy (non-hydrogen) atoms. The van der Waals surface area contributed by atoms with Gasteiger partial charge in [-0.2, -0.15) is 0 Å². The minimum Gasteiger partial charge on any atom is -0.453 e. The van der Waals surface area contributed by atoms with E-state index in [0.29, 0.717) is 11.5 Å². The van der Waals surface area contributed by atoms with E-state index in [4.69, 9.17) is 14.6 Å². The number of hydrogen-bond donors (Lipinski definition) is 1. The second-order valence-corrected chi connectivity index (χ2v) is 2.34. The molecule has 1 aliphatic carbocycles. The fourth-order valence-electron chi connectivity index (χ4n) is 1.10. The average molecular weight is 140 g/mol. The van der Waals surface area contributed by atoms with E-state index in [1.165, 1.54) is 0 Å². The Balaban J connectivity index is 2.25. The van der Waals surface area contributed by atoms with Crippen molar-refractivity contribution in [2.24, 2.45) is 0 Å². The summed E-state index contributed by atoms with van der Waals surface area (Å²) in [5, 5.41) is 9.17. The standard InChI is InChI=1S/C7H8O3/c1-4-9-6-3-2-5(8)7(6)10-4/h2-5,8H,1H3. The van der Waals surface area contributed by atoms with Crippen LogP contribution < -0.4 is 0 Å². The Bertz CT molecular complexity index is 217. The molecule has 0 radical (unpaired) electrons. The Kier molecular flexibility index (Phi) is 1.02. The first-order chi connectivity index (χ1) is 4.77. The van der Waals surface area contributed by atoms with Crippen LogP contribution in [-0.2, 0) is 9.47 Å². The lowest BCUT2D eigenvalue weighted by atomic mass is 10.4. The maximum Gasteiger partial charge on any atom is 0.238 e. The van der Waals surface area contributed by atoms with Crippen molar-refractivity contribution in [1.82, 2.24) is 0 Å². The van der Waals surface area contributed by atoms with Crippen molar-refractivity contribution in [2.45, 2.75) is 19.3 Å². The highest BCUT2D eigenvalue weighted by molar-refractivity contribution is 5.32. The summed E-state index contributed by atoms with van der Waals surface area (Å²) in [4.78, 5) is 0. The first-order valence-electron chi connectivity index (χ1n) is 3.21. The molecule has 1 N–H and O–H groups in total. The highest BCUT2D eigenvalue weighted by atomic mass is 16.7. The topological polar surface area (TPSA) is 38.7 Å². The predicted molar refractivity (Wildman–Crippen MR) is 33.8 cm³/mol. The molecule has 0 aromatic carbocycles. The van der Waals surface area contributed by atoms with Crippen molar-refractivity contribution in [2.75, 3.05) is 0 Å². The first-order valence-corrected chi connectivity index (χ1v) is 3.21. The van der Waals surface area contributed by atoms with E-state index < -0.39 is 6.10 Å². The molecule has 0 saturated carbocycles. The normalized spacial score (nSPS) is 35.8. The lowest BCUT2D eigenvalue weighted by molar-refractivity contribution is -0.0326. The molecule has 3 nitrogen and oxygen atoms in total. The fourth-order valence-corrected chi connectivity index (χ4v) is 1.10. The van der Waals surface area contributed by atoms with Crippen molar-refractivity contribution in [3.05, 3.63) is 23.7 Å². The summed E-state index contributed by atoms with van der Waals surface area (Å²) >= 11 is 0. The van der Waals surface area contributed by atoms with Gasteiger partial charge in [0.25, 0.3) is 0 Å². The molecule has 0 aromatic heterocycles. The highest BCUT2D eigenvalue weighted by Crippen LogP contribution is 2.30. The van der Waals surface area contributed by atoms with Crippen LogP contribution in [0, 0.1) is 0 Å². The molecule has 0 spiro atoms. The van der Waals surface area contributed by atoms with E-state index in [9.17, 15) is 0 Å². The monoisotopic (exact) mass is 140 g/mol. The van der Waals surface area contributed by atoms with Gasteiger partial charge in [-0.3, -0.25) is 0 Å². The molecule has 0 bridgehead atoms. The van der Waals surface area contributed by atoms with Gasteiger partial charge in [0.05, 0.1) is 0 Å². The molecule has 0 amide bonds. The maximum atomic E-state index is 9.17. The van der Waals surface area contributed by atoms with Crippen LogP contribution in [0.4, 0.5) is 0 Å². The third-order valence-corrected chi connectivity index (χ3v) is 1.53. The van der Waals surface area contributed by atoms with Crippen molar-refractivity contribution >= 4 is 0 Å². The number of aliphatic hydroxyl groups is 1. The second-order valence-electron chi connectivity index (χ2n) is 2.34. The van der Waals surface area contributed by atoms with Gasteiger partial charge in [-0.25, -0.2) is 0 Å². The SMILES string of the molecule is CC1OC2=C(O1)C(O)C=C2. The molecule has 2 unspecified atom stereocenters. The van der Waals surface area contributed by atoms with Gasteiger partial charge >= 0.3 is 0 Å². The summed E-state index contributed by atoms with van der Waals surface area (Å²) in [5.74, 6) is 1.22. The van der Waals surface area contributed by atoms with Gasteiger partial charge in [-0.05, 0) is 12.2 Å². The zero-order chi connectivity index (χ0) is 7.14. The van der Waals surface area contributed by atoms with Gasteiger partial charge in [0, 0.05) is 6.92 Å². The molecular weight excluding hydrogens is 132 g/mol. The van der Waals surface area contributed by atoms with Crippen LogP contribution in [0.1, 0.15) is 6.92 Å². The largest absolute Gasteiger partial charge is 0.453 e. The van der Waals surface area contributed by atoms with E-state index in [2.05, 4.69) is 0 Å². The summed E-state index contributed by atoms with van der Waals surface area (Å²) in [7, 11) is 0. The second kappa shape index (κ2) is 1.76. The number of ether oxygens (including phenoxy) is 2. The molecular formula is C7H8O3. The van der Waals surface area contributed by atoms with E-state index in [-0.39, 0.29) is 6.29 Å². The molecule has 0 aromatic rings. The Labute approximate surface area is 58.6 Å². The van der Waals surface area contributed by atoms with Crippen LogP contribution in [0.2, 0.25) is 0 Å². The molecule has 0 fully saturated rings. The molecule has 2 rings (SSSR count). The van der Waals surface area contributed by atoms with E-state index in [0.717, 1.165) is 0 Å². The third kappa shape index (κ3) is 0.640. The molecule has 3 heteroatoms. The van der Waals surface area contributed by atoms with E-state index in [1.54, 1.807) is 19.1 Å². The summed E-state index contributed by atoms with van der Waals surface area (Å²) in [5.41, 5.74) is 0. The van der Waals surface area contributed by atoms with E-state index in [1.807, 2.05) is 0 Å². The minimum absolute atomic E-state index is 0.246. The van der Waals surface area contributed by atoms with Crippen LogP contribution in [0.3, 0.4) is 0 Å². The summed E-state index contributed by atoms with van der Waals surface area (Å²) in [6.45, 7) is 1.79. The van der Waals surface area contributed by atoms with Crippen molar-refractivity contribution < 1.29 is 14.6 Å². The predicted octanol–water partition coefficient (Wildman–Crippen LogP) is 0.521. The van der Waals surface area contributed by atoms with Crippen LogP contribution >= 0.6 is 0 Å². The molecule has 1 heterocycles. The van der Waals surface area contributed by atoms with Gasteiger partial charge in [0.1, 0.15) is 6.10 Å². The number of allylic oxidation sites excluding steroid dienone is 1. The number of aliphatic hydroxyl groups excluding tert-OH is 1.